The van der Waals surface area contributed by atoms with E-state index < -0.39 is 33.3 Å². The summed E-state index contributed by atoms with van der Waals surface area (Å²) >= 11 is 0. The Morgan fingerprint density at radius 3 is 2.00 bits per heavy atom. The van der Waals surface area contributed by atoms with Crippen LogP contribution in [0.1, 0.15) is 0 Å². The summed E-state index contributed by atoms with van der Waals surface area (Å²) in [4.78, 5) is 0. The van der Waals surface area contributed by atoms with Crippen LogP contribution in [0.3, 0.4) is 0 Å². The molecule has 0 nitrogen and oxygen atoms in total. The van der Waals surface area contributed by atoms with Gasteiger partial charge in [0.15, 0.2) is 18.5 Å². The van der Waals surface area contributed by atoms with Gasteiger partial charge >= 0.3 is 0 Å². The largest absolute Gasteiger partial charge is 0.248 e. The van der Waals surface area contributed by atoms with Crippen molar-refractivity contribution < 1.29 is 17.6 Å². The molecule has 0 amide bonds. The van der Waals surface area contributed by atoms with E-state index in [1.807, 2.05) is 25.6 Å². The third-order valence-electron chi connectivity index (χ3n) is 1.36. The molecule has 0 fully saturated rings. The zero-order valence-electron chi connectivity index (χ0n) is 8.45. The maximum atomic E-state index is 12.8. The second-order valence-electron chi connectivity index (χ2n) is 4.04. The van der Waals surface area contributed by atoms with E-state index in [2.05, 4.69) is 5.54 Å². The van der Waals surface area contributed by atoms with Crippen LogP contribution >= 0.6 is 0 Å². The molecular formula is C9H14F4Si. The molecule has 0 aromatic carbocycles. The zero-order chi connectivity index (χ0) is 11.4. The molecule has 0 spiro atoms. The van der Waals surface area contributed by atoms with Gasteiger partial charge in [0.2, 0.25) is 0 Å². The minimum Gasteiger partial charge on any atom is -0.248 e. The maximum absolute atomic E-state index is 12.8. The molecule has 0 radical (unpaired) electrons. The zero-order valence-corrected chi connectivity index (χ0v) is 9.45. The number of alkyl halides is 4. The molecule has 0 aromatic rings. The third-order valence-corrected chi connectivity index (χ3v) is 2.25. The summed E-state index contributed by atoms with van der Waals surface area (Å²) in [6, 6.07) is 0. The molecule has 0 bridgehead atoms. The van der Waals surface area contributed by atoms with E-state index in [0.29, 0.717) is 0 Å². The summed E-state index contributed by atoms with van der Waals surface area (Å²) in [6.07, 6.45) is -7.13. The maximum Gasteiger partial charge on any atom is 0.194 e. The van der Waals surface area contributed by atoms with Crippen LogP contribution in [-0.2, 0) is 0 Å². The van der Waals surface area contributed by atoms with Crippen molar-refractivity contribution in [1.82, 2.24) is 0 Å². The van der Waals surface area contributed by atoms with Crippen molar-refractivity contribution in [2.45, 2.75) is 38.2 Å². The van der Waals surface area contributed by atoms with Crippen molar-refractivity contribution in [2.75, 3.05) is 6.67 Å². The van der Waals surface area contributed by atoms with Gasteiger partial charge in [-0.25, -0.2) is 17.6 Å². The van der Waals surface area contributed by atoms with Crippen molar-refractivity contribution >= 4 is 8.07 Å². The minimum atomic E-state index is -2.48. The summed E-state index contributed by atoms with van der Waals surface area (Å²) in [5.41, 5.74) is 2.57. The Hall–Kier alpha value is -0.503. The Labute approximate surface area is 82.7 Å². The Balaban J connectivity index is 4.32. The summed E-state index contributed by atoms with van der Waals surface area (Å²) in [5, 5.41) is 0. The van der Waals surface area contributed by atoms with Crippen molar-refractivity contribution in [3.8, 4) is 11.5 Å². The average molecular weight is 226 g/mol. The highest BCUT2D eigenvalue weighted by Crippen LogP contribution is 2.12. The van der Waals surface area contributed by atoms with Crippen LogP contribution in [0.5, 0.6) is 0 Å². The molecule has 0 aliphatic heterocycles. The normalized spacial score (nSPS) is 17.9. The molecule has 14 heavy (non-hydrogen) atoms. The summed E-state index contributed by atoms with van der Waals surface area (Å²) < 4.78 is 49.5. The molecule has 0 saturated heterocycles. The summed E-state index contributed by atoms with van der Waals surface area (Å²) in [7, 11) is -1.79. The molecule has 0 N–H and O–H groups in total. The van der Waals surface area contributed by atoms with Crippen molar-refractivity contribution in [3.05, 3.63) is 0 Å². The standard InChI is InChI=1S/C9H14F4Si/c1-14(2,3)5-4-7(11)9(13)8(12)6-10/h7-9H,6H2,1-3H3. The second-order valence-corrected chi connectivity index (χ2v) is 8.79. The lowest BCUT2D eigenvalue weighted by Crippen LogP contribution is -2.29. The monoisotopic (exact) mass is 226 g/mol. The van der Waals surface area contributed by atoms with E-state index in [0.717, 1.165) is 0 Å². The van der Waals surface area contributed by atoms with Crippen molar-refractivity contribution in [1.29, 1.82) is 0 Å². The van der Waals surface area contributed by atoms with Gasteiger partial charge in [0.05, 0.1) is 0 Å². The van der Waals surface area contributed by atoms with E-state index in [-0.39, 0.29) is 0 Å². The Kier molecular flexibility index (Phi) is 5.20. The predicted octanol–water partition coefficient (Wildman–Crippen LogP) is 2.85. The van der Waals surface area contributed by atoms with Gasteiger partial charge in [-0.3, -0.25) is 0 Å². The van der Waals surface area contributed by atoms with E-state index >= 15 is 0 Å². The van der Waals surface area contributed by atoms with E-state index in [4.69, 9.17) is 0 Å². The van der Waals surface area contributed by atoms with E-state index in [9.17, 15) is 17.6 Å². The smallest absolute Gasteiger partial charge is 0.194 e. The number of hydrogen-bond acceptors (Lipinski definition) is 0. The van der Waals surface area contributed by atoms with Crippen LogP contribution in [0.2, 0.25) is 19.6 Å². The molecule has 5 heteroatoms. The first-order valence-electron chi connectivity index (χ1n) is 4.29. The predicted molar refractivity (Wildman–Crippen MR) is 51.8 cm³/mol. The molecular weight excluding hydrogens is 212 g/mol. The van der Waals surface area contributed by atoms with E-state index in [1.165, 1.54) is 0 Å². The quantitative estimate of drug-likeness (QED) is 0.394. The highest BCUT2D eigenvalue weighted by Gasteiger charge is 2.28. The first-order chi connectivity index (χ1) is 6.28. The van der Waals surface area contributed by atoms with Gasteiger partial charge in [-0.1, -0.05) is 25.6 Å². The van der Waals surface area contributed by atoms with Gasteiger partial charge in [-0.15, -0.1) is 5.54 Å². The topological polar surface area (TPSA) is 0 Å². The van der Waals surface area contributed by atoms with Gasteiger partial charge < -0.3 is 0 Å². The fourth-order valence-electron chi connectivity index (χ4n) is 0.634. The van der Waals surface area contributed by atoms with E-state index in [1.54, 1.807) is 0 Å². The Morgan fingerprint density at radius 1 is 1.14 bits per heavy atom. The molecule has 0 aliphatic carbocycles. The molecule has 0 aromatic heterocycles. The third kappa shape index (κ3) is 5.27. The van der Waals surface area contributed by atoms with Crippen molar-refractivity contribution in [2.24, 2.45) is 0 Å². The Morgan fingerprint density at radius 2 is 1.64 bits per heavy atom. The van der Waals surface area contributed by atoms with Gasteiger partial charge in [-0.05, 0) is 0 Å². The fraction of sp³-hybridized carbons (Fsp3) is 0.778. The average Bonchev–Trinajstić information content (AvgIpc) is 2.10. The van der Waals surface area contributed by atoms with Crippen LogP contribution in [0.15, 0.2) is 0 Å². The van der Waals surface area contributed by atoms with Crippen molar-refractivity contribution in [3.63, 3.8) is 0 Å². The van der Waals surface area contributed by atoms with Gasteiger partial charge in [0, 0.05) is 0 Å². The molecule has 0 heterocycles. The first-order valence-corrected chi connectivity index (χ1v) is 7.79. The molecule has 0 saturated carbocycles. The lowest BCUT2D eigenvalue weighted by Gasteiger charge is -2.11. The van der Waals surface area contributed by atoms with Gasteiger partial charge in [0.25, 0.3) is 0 Å². The lowest BCUT2D eigenvalue weighted by atomic mass is 10.2. The lowest BCUT2D eigenvalue weighted by molar-refractivity contribution is 0.0906. The van der Waals surface area contributed by atoms with Crippen LogP contribution in [-0.4, -0.2) is 33.3 Å². The van der Waals surface area contributed by atoms with Gasteiger partial charge in [-0.2, -0.15) is 0 Å². The number of rotatable bonds is 3. The minimum absolute atomic E-state index is 1.52. The summed E-state index contributed by atoms with van der Waals surface area (Å²) in [5.74, 6) is 2.00. The first kappa shape index (κ1) is 13.5. The second kappa shape index (κ2) is 5.40. The number of hydrogen-bond donors (Lipinski definition) is 0. The molecule has 3 atom stereocenters. The molecule has 82 valence electrons. The fourth-order valence-corrected chi connectivity index (χ4v) is 1.20. The Bertz CT molecular complexity index is 225. The highest BCUT2D eigenvalue weighted by atomic mass is 28.3. The van der Waals surface area contributed by atoms with Gasteiger partial charge in [0.1, 0.15) is 14.7 Å². The number of halogens is 4. The summed E-state index contributed by atoms with van der Waals surface area (Å²) in [6.45, 7) is 4.03. The molecule has 0 aliphatic rings. The van der Waals surface area contributed by atoms with Crippen LogP contribution in [0.4, 0.5) is 17.6 Å². The van der Waals surface area contributed by atoms with Crippen LogP contribution < -0.4 is 0 Å². The van der Waals surface area contributed by atoms with Crippen LogP contribution in [0.25, 0.3) is 0 Å². The molecule has 3 unspecified atom stereocenters. The van der Waals surface area contributed by atoms with Crippen LogP contribution in [0, 0.1) is 11.5 Å². The SMILES string of the molecule is C[Si](C)(C)C#CC(F)C(F)C(F)CF. The highest BCUT2D eigenvalue weighted by molar-refractivity contribution is 6.83. The molecule has 0 rings (SSSR count).